The molecule has 6 nitrogen and oxygen atoms in total. The lowest BCUT2D eigenvalue weighted by Crippen LogP contribution is -2.08. The van der Waals surface area contributed by atoms with Crippen LogP contribution >= 0.6 is 0 Å². The number of nitrogens with zero attached hydrogens (tertiary/aromatic N) is 2. The molecule has 0 fully saturated rings. The maximum absolute atomic E-state index is 11.4. The van der Waals surface area contributed by atoms with Gasteiger partial charge in [0, 0.05) is 12.6 Å². The molecule has 0 saturated carbocycles. The molecule has 0 aliphatic carbocycles. The van der Waals surface area contributed by atoms with Crippen LogP contribution in [0.2, 0.25) is 0 Å². The Balaban J connectivity index is 2.29. The Hall–Kier alpha value is -2.94. The normalized spacial score (nSPS) is 10.7. The summed E-state index contributed by atoms with van der Waals surface area (Å²) < 4.78 is 11.5. The number of nitrogen functional groups attached to an aromatic ring is 1. The maximum Gasteiger partial charge on any atom is 0.419 e. The van der Waals surface area contributed by atoms with Crippen LogP contribution in [0.25, 0.3) is 22.2 Å². The standard InChI is InChI=1S/C13H9N3O3/c1-16-10-4-7(2-3-11(10)19-13(16)17)9-6-18-12(15)8(9)5-14/h2-4,6H,15H2,1H3. The Bertz CT molecular complexity index is 877. The summed E-state index contributed by atoms with van der Waals surface area (Å²) in [6, 6.07) is 7.18. The van der Waals surface area contributed by atoms with Gasteiger partial charge in [0.1, 0.15) is 17.9 Å². The Kier molecular flexibility index (Phi) is 2.22. The number of oxazole rings is 1. The van der Waals surface area contributed by atoms with E-state index in [0.717, 1.165) is 5.56 Å². The number of hydrogen-bond acceptors (Lipinski definition) is 5. The fourth-order valence-electron chi connectivity index (χ4n) is 1.99. The summed E-state index contributed by atoms with van der Waals surface area (Å²) in [6.07, 6.45) is 1.42. The van der Waals surface area contributed by atoms with Crippen molar-refractivity contribution >= 4 is 17.0 Å². The third-order valence-electron chi connectivity index (χ3n) is 3.03. The molecule has 0 radical (unpaired) electrons. The second-order valence-electron chi connectivity index (χ2n) is 4.11. The van der Waals surface area contributed by atoms with E-state index in [4.69, 9.17) is 19.8 Å². The molecule has 6 heteroatoms. The molecule has 19 heavy (non-hydrogen) atoms. The van der Waals surface area contributed by atoms with Crippen LogP contribution in [-0.4, -0.2) is 4.57 Å². The van der Waals surface area contributed by atoms with Crippen molar-refractivity contribution < 1.29 is 8.83 Å². The minimum atomic E-state index is -0.431. The fraction of sp³-hybridized carbons (Fsp3) is 0.0769. The number of nitrogens with two attached hydrogens (primary N) is 1. The lowest BCUT2D eigenvalue weighted by Gasteiger charge is -1.99. The van der Waals surface area contributed by atoms with Gasteiger partial charge in [-0.15, -0.1) is 0 Å². The number of rotatable bonds is 1. The molecule has 3 aromatic rings. The van der Waals surface area contributed by atoms with Crippen LogP contribution in [0.4, 0.5) is 5.88 Å². The smallest absolute Gasteiger partial charge is 0.419 e. The van der Waals surface area contributed by atoms with Crippen LogP contribution in [0, 0.1) is 11.3 Å². The summed E-state index contributed by atoms with van der Waals surface area (Å²) in [5.41, 5.74) is 8.32. The predicted molar refractivity (Wildman–Crippen MR) is 68.3 cm³/mol. The van der Waals surface area contributed by atoms with E-state index in [-0.39, 0.29) is 11.4 Å². The zero-order valence-corrected chi connectivity index (χ0v) is 10.0. The van der Waals surface area contributed by atoms with Gasteiger partial charge in [-0.05, 0) is 17.7 Å². The SMILES string of the molecule is Cn1c(=O)oc2ccc(-c3coc(N)c3C#N)cc21. The molecule has 0 unspecified atom stereocenters. The maximum atomic E-state index is 11.4. The molecule has 3 rings (SSSR count). The van der Waals surface area contributed by atoms with E-state index < -0.39 is 5.76 Å². The predicted octanol–water partition coefficient (Wildman–Crippen LogP) is 1.85. The van der Waals surface area contributed by atoms with Crippen molar-refractivity contribution in [3.8, 4) is 17.2 Å². The van der Waals surface area contributed by atoms with Crippen molar-refractivity contribution in [2.45, 2.75) is 0 Å². The summed E-state index contributed by atoms with van der Waals surface area (Å²) in [6.45, 7) is 0. The van der Waals surface area contributed by atoms with Gasteiger partial charge in [0.25, 0.3) is 0 Å². The van der Waals surface area contributed by atoms with Gasteiger partial charge in [0.2, 0.25) is 5.88 Å². The highest BCUT2D eigenvalue weighted by atomic mass is 16.4. The van der Waals surface area contributed by atoms with Gasteiger partial charge in [0.05, 0.1) is 5.52 Å². The van der Waals surface area contributed by atoms with E-state index >= 15 is 0 Å². The van der Waals surface area contributed by atoms with Gasteiger partial charge in [-0.2, -0.15) is 5.26 Å². The molecule has 0 aliphatic rings. The molecular weight excluding hydrogens is 246 g/mol. The van der Waals surface area contributed by atoms with Crippen molar-refractivity contribution in [3.05, 3.63) is 40.6 Å². The molecule has 2 heterocycles. The molecule has 0 saturated heterocycles. The van der Waals surface area contributed by atoms with Gasteiger partial charge in [-0.1, -0.05) is 6.07 Å². The van der Waals surface area contributed by atoms with Crippen LogP contribution < -0.4 is 11.5 Å². The average molecular weight is 255 g/mol. The number of aryl methyl sites for hydroxylation is 1. The summed E-state index contributed by atoms with van der Waals surface area (Å²) in [7, 11) is 1.62. The number of hydrogen-bond donors (Lipinski definition) is 1. The first kappa shape index (κ1) is 11.2. The number of furan rings is 1. The molecule has 0 amide bonds. The third kappa shape index (κ3) is 1.52. The quantitative estimate of drug-likeness (QED) is 0.715. The van der Waals surface area contributed by atoms with E-state index in [0.29, 0.717) is 16.7 Å². The molecule has 1 aromatic carbocycles. The first-order valence-corrected chi connectivity index (χ1v) is 5.49. The second kappa shape index (κ2) is 3.78. The highest BCUT2D eigenvalue weighted by Gasteiger charge is 2.14. The molecule has 0 spiro atoms. The number of fused-ring (bicyclic) bond motifs is 1. The molecule has 2 N–H and O–H groups in total. The highest BCUT2D eigenvalue weighted by molar-refractivity contribution is 5.83. The fourth-order valence-corrected chi connectivity index (χ4v) is 1.99. The van der Waals surface area contributed by atoms with Crippen molar-refractivity contribution in [1.82, 2.24) is 4.57 Å². The lowest BCUT2D eigenvalue weighted by molar-refractivity contribution is 0.528. The summed E-state index contributed by atoms with van der Waals surface area (Å²) in [5, 5.41) is 9.06. The van der Waals surface area contributed by atoms with Gasteiger partial charge in [0.15, 0.2) is 5.58 Å². The zero-order valence-electron chi connectivity index (χ0n) is 10.0. The van der Waals surface area contributed by atoms with E-state index in [1.54, 1.807) is 25.2 Å². The number of benzene rings is 1. The van der Waals surface area contributed by atoms with Crippen molar-refractivity contribution in [3.63, 3.8) is 0 Å². The second-order valence-corrected chi connectivity index (χ2v) is 4.11. The Labute approximate surface area is 107 Å². The summed E-state index contributed by atoms with van der Waals surface area (Å²) in [4.78, 5) is 11.4. The van der Waals surface area contributed by atoms with Crippen LogP contribution in [-0.2, 0) is 7.05 Å². The summed E-state index contributed by atoms with van der Waals surface area (Å²) >= 11 is 0. The third-order valence-corrected chi connectivity index (χ3v) is 3.03. The number of nitriles is 1. The van der Waals surface area contributed by atoms with Crippen LogP contribution in [0.15, 0.2) is 38.1 Å². The molecular formula is C13H9N3O3. The van der Waals surface area contributed by atoms with Crippen molar-refractivity contribution in [1.29, 1.82) is 5.26 Å². The highest BCUT2D eigenvalue weighted by Crippen LogP contribution is 2.30. The van der Waals surface area contributed by atoms with Gasteiger partial charge >= 0.3 is 5.76 Å². The first-order valence-electron chi connectivity index (χ1n) is 5.49. The number of anilines is 1. The van der Waals surface area contributed by atoms with Crippen LogP contribution in [0.5, 0.6) is 0 Å². The number of aromatic nitrogens is 1. The Morgan fingerprint density at radius 3 is 2.95 bits per heavy atom. The van der Waals surface area contributed by atoms with E-state index in [1.807, 2.05) is 6.07 Å². The minimum absolute atomic E-state index is 0.0821. The van der Waals surface area contributed by atoms with Crippen LogP contribution in [0.1, 0.15) is 5.56 Å². The van der Waals surface area contributed by atoms with Gasteiger partial charge < -0.3 is 14.6 Å². The monoisotopic (exact) mass is 255 g/mol. The zero-order chi connectivity index (χ0) is 13.6. The topological polar surface area (TPSA) is 98.1 Å². The van der Waals surface area contributed by atoms with Crippen LogP contribution in [0.3, 0.4) is 0 Å². The Morgan fingerprint density at radius 2 is 2.21 bits per heavy atom. The molecule has 0 aliphatic heterocycles. The first-order chi connectivity index (χ1) is 9.11. The van der Waals surface area contributed by atoms with Crippen molar-refractivity contribution in [2.24, 2.45) is 7.05 Å². The van der Waals surface area contributed by atoms with E-state index in [1.165, 1.54) is 10.8 Å². The summed E-state index contributed by atoms with van der Waals surface area (Å²) in [5.74, 6) is -0.349. The van der Waals surface area contributed by atoms with Gasteiger partial charge in [-0.25, -0.2) is 4.79 Å². The molecule has 94 valence electrons. The average Bonchev–Trinajstić information content (AvgIpc) is 2.91. The molecule has 0 bridgehead atoms. The molecule has 0 atom stereocenters. The molecule has 2 aromatic heterocycles. The minimum Gasteiger partial charge on any atom is -0.447 e. The largest absolute Gasteiger partial charge is 0.447 e. The van der Waals surface area contributed by atoms with Gasteiger partial charge in [-0.3, -0.25) is 4.57 Å². The van der Waals surface area contributed by atoms with Crippen molar-refractivity contribution in [2.75, 3.05) is 5.73 Å². The Morgan fingerprint density at radius 1 is 1.42 bits per heavy atom. The lowest BCUT2D eigenvalue weighted by atomic mass is 10.0. The van der Waals surface area contributed by atoms with E-state index in [9.17, 15) is 4.79 Å². The van der Waals surface area contributed by atoms with E-state index in [2.05, 4.69) is 0 Å².